The molecule has 0 spiro atoms. The molecule has 1 unspecified atom stereocenters. The van der Waals surface area contributed by atoms with Gasteiger partial charge in [-0.3, -0.25) is 19.3 Å². The zero-order chi connectivity index (χ0) is 39.8. The molecule has 0 radical (unpaired) electrons. The van der Waals surface area contributed by atoms with Crippen molar-refractivity contribution in [2.45, 2.75) is 44.8 Å². The maximum atomic E-state index is 14.4. The van der Waals surface area contributed by atoms with Crippen LogP contribution in [0.1, 0.15) is 57.2 Å². The van der Waals surface area contributed by atoms with Crippen LogP contribution in [0.15, 0.2) is 102 Å². The Hall–Kier alpha value is -6.86. The molecule has 1 aliphatic heterocycles. The van der Waals surface area contributed by atoms with Crippen molar-refractivity contribution in [2.24, 2.45) is 5.73 Å². The van der Waals surface area contributed by atoms with Crippen molar-refractivity contribution >= 4 is 51.2 Å². The fourth-order valence-electron chi connectivity index (χ4n) is 8.07. The number of aromatic nitrogens is 2. The van der Waals surface area contributed by atoms with E-state index in [1.807, 2.05) is 66.7 Å². The number of carbonyl (C=O) groups excluding carboxylic acids is 3. The summed E-state index contributed by atoms with van der Waals surface area (Å²) in [5.41, 5.74) is 12.1. The minimum absolute atomic E-state index is 0.0287. The predicted octanol–water partition coefficient (Wildman–Crippen LogP) is 5.60. The van der Waals surface area contributed by atoms with Gasteiger partial charge in [0.15, 0.2) is 0 Å². The summed E-state index contributed by atoms with van der Waals surface area (Å²) in [6, 6.07) is 29.2. The lowest BCUT2D eigenvalue weighted by molar-refractivity contribution is -0.142. The van der Waals surface area contributed by atoms with Crippen LogP contribution in [-0.2, 0) is 27.4 Å². The van der Waals surface area contributed by atoms with E-state index >= 15 is 0 Å². The van der Waals surface area contributed by atoms with Crippen LogP contribution in [0.3, 0.4) is 0 Å². The molecule has 1 aliphatic carbocycles. The highest BCUT2D eigenvalue weighted by Gasteiger charge is 2.37. The van der Waals surface area contributed by atoms with Crippen LogP contribution < -0.4 is 21.5 Å². The van der Waals surface area contributed by atoms with Crippen LogP contribution >= 0.6 is 0 Å². The lowest BCUT2D eigenvalue weighted by atomic mass is 9.98. The van der Waals surface area contributed by atoms with Gasteiger partial charge in [0.25, 0.3) is 11.5 Å². The Morgan fingerprint density at radius 2 is 1.68 bits per heavy atom. The van der Waals surface area contributed by atoms with Crippen molar-refractivity contribution in [3.63, 3.8) is 0 Å². The van der Waals surface area contributed by atoms with E-state index in [0.29, 0.717) is 44.5 Å². The molecule has 5 N–H and O–H groups in total. The van der Waals surface area contributed by atoms with Crippen molar-refractivity contribution in [3.8, 4) is 11.1 Å². The number of nitrogens with one attached hydrogen (secondary N) is 2. The molecular weight excluding hydrogens is 725 g/mol. The molecule has 5 aromatic carbocycles. The van der Waals surface area contributed by atoms with Gasteiger partial charge in [0.1, 0.15) is 18.5 Å². The number of H-pyrrole nitrogens is 1. The number of aromatic amines is 1. The summed E-state index contributed by atoms with van der Waals surface area (Å²) >= 11 is 0. The molecule has 2 heterocycles. The number of nitrogens with zero attached hydrogens (tertiary/aromatic N) is 3. The normalized spacial score (nSPS) is 13.6. The molecule has 8 rings (SSSR count). The number of hydrogen-bond acceptors (Lipinski definition) is 8. The number of carboxylic acids is 1. The van der Waals surface area contributed by atoms with Crippen molar-refractivity contribution in [2.75, 3.05) is 24.6 Å². The summed E-state index contributed by atoms with van der Waals surface area (Å²) in [6.07, 6.45) is -0.808. The average Bonchev–Trinajstić information content (AvgIpc) is 3.71. The van der Waals surface area contributed by atoms with E-state index in [2.05, 4.69) is 27.4 Å². The molecule has 0 saturated carbocycles. The van der Waals surface area contributed by atoms with E-state index in [1.165, 1.54) is 9.80 Å². The molecular formula is C44H40N6O7. The third-order valence-electron chi connectivity index (χ3n) is 10.8. The number of carbonyl (C=O) groups is 4. The maximum absolute atomic E-state index is 14.4. The second kappa shape index (κ2) is 15.3. The Labute approximate surface area is 327 Å². The van der Waals surface area contributed by atoms with Crippen molar-refractivity contribution in [3.05, 3.63) is 141 Å². The number of fused-ring (bicyclic) bond motifs is 7. The number of aliphatic carboxylic acids is 1. The summed E-state index contributed by atoms with van der Waals surface area (Å²) < 4.78 is 6.15. The second-order valence-electron chi connectivity index (χ2n) is 14.4. The molecule has 57 heavy (non-hydrogen) atoms. The second-order valence-corrected chi connectivity index (χ2v) is 14.4. The Morgan fingerprint density at radius 3 is 2.40 bits per heavy atom. The molecule has 0 fully saturated rings. The van der Waals surface area contributed by atoms with Crippen LogP contribution in [-0.4, -0.2) is 69.6 Å². The summed E-state index contributed by atoms with van der Waals surface area (Å²) in [4.78, 5) is 75.8. The highest BCUT2D eigenvalue weighted by atomic mass is 16.6. The first kappa shape index (κ1) is 37.1. The molecule has 288 valence electrons. The van der Waals surface area contributed by atoms with Gasteiger partial charge in [0, 0.05) is 43.2 Å². The predicted molar refractivity (Wildman–Crippen MR) is 215 cm³/mol. The number of aryl methyl sites for hydroxylation is 1. The van der Waals surface area contributed by atoms with E-state index in [0.717, 1.165) is 27.6 Å². The van der Waals surface area contributed by atoms with Gasteiger partial charge in [-0.25, -0.2) is 14.6 Å². The van der Waals surface area contributed by atoms with E-state index < -0.39 is 24.0 Å². The third-order valence-corrected chi connectivity index (χ3v) is 10.8. The zero-order valence-electron chi connectivity index (χ0n) is 31.2. The number of hydrogen-bond donors (Lipinski definition) is 4. The molecule has 1 aromatic heterocycles. The molecule has 13 heteroatoms. The zero-order valence-corrected chi connectivity index (χ0v) is 31.2. The van der Waals surface area contributed by atoms with Crippen LogP contribution in [0.4, 0.5) is 10.5 Å². The number of benzene rings is 5. The highest BCUT2D eigenvalue weighted by Crippen LogP contribution is 2.44. The summed E-state index contributed by atoms with van der Waals surface area (Å²) in [5.74, 6) is -1.74. The molecule has 0 saturated heterocycles. The van der Waals surface area contributed by atoms with Gasteiger partial charge in [0.2, 0.25) is 5.91 Å². The molecule has 1 atom stereocenters. The quantitative estimate of drug-likeness (QED) is 0.115. The van der Waals surface area contributed by atoms with Gasteiger partial charge in [-0.15, -0.1) is 0 Å². The minimum Gasteiger partial charge on any atom is -0.480 e. The monoisotopic (exact) mass is 764 g/mol. The number of rotatable bonds is 12. The van der Waals surface area contributed by atoms with Gasteiger partial charge in [-0.2, -0.15) is 0 Å². The summed E-state index contributed by atoms with van der Waals surface area (Å²) in [5, 5.41) is 14.7. The summed E-state index contributed by atoms with van der Waals surface area (Å²) in [6.45, 7) is 2.33. The lowest BCUT2D eigenvalue weighted by Gasteiger charge is -2.25. The van der Waals surface area contributed by atoms with Crippen molar-refractivity contribution < 1.29 is 29.0 Å². The van der Waals surface area contributed by atoms with E-state index in [-0.39, 0.29) is 63.0 Å². The fraction of sp³-hybridized carbons (Fsp3) is 0.227. The largest absolute Gasteiger partial charge is 0.480 e. The van der Waals surface area contributed by atoms with Crippen LogP contribution in [0.5, 0.6) is 0 Å². The first-order valence-electron chi connectivity index (χ1n) is 18.8. The number of anilines is 1. The smallest absolute Gasteiger partial charge is 0.414 e. The molecule has 6 aromatic rings. The lowest BCUT2D eigenvalue weighted by Crippen LogP contribution is -2.42. The Kier molecular flexibility index (Phi) is 9.98. The Balaban J connectivity index is 1.12. The highest BCUT2D eigenvalue weighted by molar-refractivity contribution is 6.06. The Morgan fingerprint density at radius 1 is 0.965 bits per heavy atom. The average molecular weight is 765 g/mol. The van der Waals surface area contributed by atoms with Gasteiger partial charge in [-0.1, -0.05) is 66.7 Å². The van der Waals surface area contributed by atoms with Crippen LogP contribution in [0.25, 0.3) is 32.8 Å². The maximum Gasteiger partial charge on any atom is 0.414 e. The molecule has 13 nitrogen and oxygen atoms in total. The number of carboxylic acid groups (broad SMARTS) is 1. The van der Waals surface area contributed by atoms with Gasteiger partial charge < -0.3 is 30.8 Å². The van der Waals surface area contributed by atoms with Crippen molar-refractivity contribution in [1.82, 2.24) is 20.2 Å². The molecule has 3 amide bonds. The third kappa shape index (κ3) is 7.09. The standard InChI is InChI=1S/C44H40N6O7/c1-25-47-37-15-12-27-11-10-26(20-35(27)40(37)41(52)48-25)22-49(44(56)57-24-36-33-8-4-2-6-31(33)32-7-3-5-9-34(32)36)29-13-14-30-28(21-29)23-50(42(30)53)38(43(54)55)16-17-39(51)46-19-18-45/h2-15,20-21,36,38H,16-19,22-24,45H2,1H3,(H,46,51)(H,54,55)(H,47,48,52). The molecule has 2 aliphatic rings. The SMILES string of the molecule is Cc1nc2ccc3ccc(CN(C(=O)OCC4c5ccccc5-c5ccccc54)c4ccc5c(c4)CN(C(CCC(=O)NCCN)C(=O)O)C5=O)cc3c2c(=O)[nH]1. The number of ether oxygens (including phenoxy) is 1. The first-order chi connectivity index (χ1) is 27.6. The van der Waals surface area contributed by atoms with Crippen molar-refractivity contribution in [1.29, 1.82) is 0 Å². The van der Waals surface area contributed by atoms with E-state index in [4.69, 9.17) is 10.5 Å². The van der Waals surface area contributed by atoms with Crippen LogP contribution in [0, 0.1) is 6.92 Å². The van der Waals surface area contributed by atoms with Gasteiger partial charge in [-0.05, 0) is 87.8 Å². The van der Waals surface area contributed by atoms with Gasteiger partial charge in [0.05, 0.1) is 17.4 Å². The number of nitrogens with two attached hydrogens (primary N) is 1. The first-order valence-corrected chi connectivity index (χ1v) is 18.8. The van der Waals surface area contributed by atoms with Gasteiger partial charge >= 0.3 is 12.1 Å². The van der Waals surface area contributed by atoms with E-state index in [1.54, 1.807) is 25.1 Å². The molecule has 0 bridgehead atoms. The fourth-order valence-corrected chi connectivity index (χ4v) is 8.07. The van der Waals surface area contributed by atoms with Crippen LogP contribution in [0.2, 0.25) is 0 Å². The topological polar surface area (TPSA) is 188 Å². The minimum atomic E-state index is -1.25. The Bertz CT molecular complexity index is 2610. The van der Waals surface area contributed by atoms with E-state index in [9.17, 15) is 29.1 Å². The summed E-state index contributed by atoms with van der Waals surface area (Å²) in [7, 11) is 0. The number of amides is 3.